The lowest BCUT2D eigenvalue weighted by Gasteiger charge is -2.11. The van der Waals surface area contributed by atoms with E-state index in [9.17, 15) is 9.59 Å². The van der Waals surface area contributed by atoms with Crippen LogP contribution in [0.4, 0.5) is 0 Å². The molecule has 20 heavy (non-hydrogen) atoms. The van der Waals surface area contributed by atoms with Crippen LogP contribution in [0.15, 0.2) is 4.79 Å². The minimum Gasteiger partial charge on any atom is -0.352 e. The van der Waals surface area contributed by atoms with Crippen LogP contribution < -0.4 is 10.9 Å². The molecule has 8 nitrogen and oxygen atoms in total. The van der Waals surface area contributed by atoms with E-state index in [-0.39, 0.29) is 24.0 Å². The Balaban J connectivity index is 2.30. The van der Waals surface area contributed by atoms with Gasteiger partial charge < -0.3 is 5.32 Å². The fourth-order valence-corrected chi connectivity index (χ4v) is 1.78. The van der Waals surface area contributed by atoms with E-state index in [0.29, 0.717) is 5.52 Å². The largest absolute Gasteiger partial charge is 0.352 e. The number of carbonyl (C=O) groups excluding carboxylic acids is 1. The van der Waals surface area contributed by atoms with Gasteiger partial charge in [-0.3, -0.25) is 14.3 Å². The lowest BCUT2D eigenvalue weighted by Crippen LogP contribution is -2.38. The Morgan fingerprint density at radius 2 is 2.10 bits per heavy atom. The van der Waals surface area contributed by atoms with Crippen LogP contribution >= 0.6 is 0 Å². The summed E-state index contributed by atoms with van der Waals surface area (Å²) in [7, 11) is 1.73. The summed E-state index contributed by atoms with van der Waals surface area (Å²) in [5.41, 5.74) is 1.06. The van der Waals surface area contributed by atoms with Gasteiger partial charge in [-0.05, 0) is 20.3 Å². The van der Waals surface area contributed by atoms with Gasteiger partial charge in [-0.1, -0.05) is 12.1 Å². The summed E-state index contributed by atoms with van der Waals surface area (Å²) in [6, 6.07) is 0.0620. The van der Waals surface area contributed by atoms with Crippen molar-refractivity contribution >= 4 is 16.9 Å². The highest BCUT2D eigenvalue weighted by atomic mass is 16.2. The van der Waals surface area contributed by atoms with Gasteiger partial charge >= 0.3 is 0 Å². The number of amides is 1. The lowest BCUT2D eigenvalue weighted by atomic mass is 10.2. The Kier molecular flexibility index (Phi) is 3.82. The Hall–Kier alpha value is -2.25. The van der Waals surface area contributed by atoms with Crippen molar-refractivity contribution in [1.82, 2.24) is 30.1 Å². The maximum absolute atomic E-state index is 12.2. The molecule has 0 aromatic carbocycles. The second-order valence-electron chi connectivity index (χ2n) is 4.84. The summed E-state index contributed by atoms with van der Waals surface area (Å²) >= 11 is 0. The molecule has 1 unspecified atom stereocenters. The number of fused-ring (bicyclic) bond motifs is 1. The first kappa shape index (κ1) is 14.2. The van der Waals surface area contributed by atoms with Crippen LogP contribution in [0.3, 0.4) is 0 Å². The van der Waals surface area contributed by atoms with Crippen LogP contribution in [0, 0.1) is 6.92 Å². The van der Waals surface area contributed by atoms with Crippen molar-refractivity contribution in [2.45, 2.75) is 39.8 Å². The van der Waals surface area contributed by atoms with Crippen molar-refractivity contribution in [3.8, 4) is 0 Å². The molecule has 0 aliphatic rings. The molecule has 0 fully saturated rings. The normalized spacial score (nSPS) is 12.6. The molecule has 1 amide bonds. The number of nitrogens with one attached hydrogen (secondary N) is 1. The third-order valence-corrected chi connectivity index (χ3v) is 3.31. The number of hydrogen-bond donors (Lipinski definition) is 1. The van der Waals surface area contributed by atoms with Crippen LogP contribution in [0.5, 0.6) is 0 Å². The van der Waals surface area contributed by atoms with E-state index in [1.54, 1.807) is 11.7 Å². The highest BCUT2D eigenvalue weighted by molar-refractivity contribution is 5.77. The van der Waals surface area contributed by atoms with Crippen LogP contribution in [0.2, 0.25) is 0 Å². The highest BCUT2D eigenvalue weighted by Gasteiger charge is 2.15. The fraction of sp³-hybridized carbons (Fsp3) is 0.583. The summed E-state index contributed by atoms with van der Waals surface area (Å²) in [6.45, 7) is 5.53. The van der Waals surface area contributed by atoms with E-state index in [2.05, 4.69) is 20.7 Å². The minimum absolute atomic E-state index is 0.0620. The molecule has 0 radical (unpaired) electrons. The summed E-state index contributed by atoms with van der Waals surface area (Å²) in [6.07, 6.45) is 0.824. The van der Waals surface area contributed by atoms with Crippen molar-refractivity contribution in [2.24, 2.45) is 7.05 Å². The zero-order chi connectivity index (χ0) is 14.9. The standard InChI is InChI=1S/C12H18N6O2/c1-5-7(2)13-9(19)6-18-12(20)11-10(14-16-18)8(3)17(4)15-11/h7H,5-6H2,1-4H3,(H,13,19). The molecule has 1 N–H and O–H groups in total. The summed E-state index contributed by atoms with van der Waals surface area (Å²) in [5, 5.41) is 14.6. The van der Waals surface area contributed by atoms with E-state index in [1.165, 1.54) is 0 Å². The van der Waals surface area contributed by atoms with Crippen molar-refractivity contribution in [1.29, 1.82) is 0 Å². The molecule has 0 spiro atoms. The fourth-order valence-electron chi connectivity index (χ4n) is 1.78. The summed E-state index contributed by atoms with van der Waals surface area (Å²) in [5.74, 6) is -0.261. The molecule has 2 heterocycles. The summed E-state index contributed by atoms with van der Waals surface area (Å²) in [4.78, 5) is 24.0. The molecule has 2 rings (SSSR count). The van der Waals surface area contributed by atoms with E-state index in [1.807, 2.05) is 20.8 Å². The molecule has 2 aromatic rings. The first-order chi connectivity index (χ1) is 9.43. The first-order valence-electron chi connectivity index (χ1n) is 6.50. The van der Waals surface area contributed by atoms with E-state index in [4.69, 9.17) is 0 Å². The monoisotopic (exact) mass is 278 g/mol. The number of carbonyl (C=O) groups is 1. The molecule has 0 bridgehead atoms. The first-order valence-corrected chi connectivity index (χ1v) is 6.50. The second-order valence-corrected chi connectivity index (χ2v) is 4.84. The average Bonchev–Trinajstić information content (AvgIpc) is 2.70. The number of hydrogen-bond acceptors (Lipinski definition) is 5. The number of aromatic nitrogens is 5. The maximum Gasteiger partial charge on any atom is 0.298 e. The lowest BCUT2D eigenvalue weighted by molar-refractivity contribution is -0.122. The van der Waals surface area contributed by atoms with Crippen molar-refractivity contribution in [3.05, 3.63) is 16.0 Å². The molecule has 0 saturated heterocycles. The molecule has 2 aromatic heterocycles. The van der Waals surface area contributed by atoms with Gasteiger partial charge in [0.25, 0.3) is 5.56 Å². The molecule has 108 valence electrons. The molecule has 1 atom stereocenters. The van der Waals surface area contributed by atoms with Crippen molar-refractivity contribution in [3.63, 3.8) is 0 Å². The molecular weight excluding hydrogens is 260 g/mol. The maximum atomic E-state index is 12.2. The van der Waals surface area contributed by atoms with Gasteiger partial charge in [0, 0.05) is 13.1 Å². The van der Waals surface area contributed by atoms with Gasteiger partial charge in [-0.25, -0.2) is 0 Å². The van der Waals surface area contributed by atoms with Crippen LogP contribution in [-0.2, 0) is 18.4 Å². The van der Waals surface area contributed by atoms with Crippen molar-refractivity contribution < 1.29 is 4.79 Å². The highest BCUT2D eigenvalue weighted by Crippen LogP contribution is 2.08. The van der Waals surface area contributed by atoms with E-state index in [0.717, 1.165) is 16.8 Å². The molecule has 0 aliphatic heterocycles. The molecular formula is C12H18N6O2. The molecule has 0 aliphatic carbocycles. The van der Waals surface area contributed by atoms with E-state index < -0.39 is 5.56 Å². The van der Waals surface area contributed by atoms with Crippen LogP contribution in [-0.4, -0.2) is 36.7 Å². The van der Waals surface area contributed by atoms with Gasteiger partial charge in [0.2, 0.25) is 5.91 Å². The quantitative estimate of drug-likeness (QED) is 0.832. The smallest absolute Gasteiger partial charge is 0.298 e. The van der Waals surface area contributed by atoms with Gasteiger partial charge in [0.15, 0.2) is 5.52 Å². The number of aryl methyl sites for hydroxylation is 2. The number of rotatable bonds is 4. The predicted octanol–water partition coefficient (Wildman–Crippen LogP) is -0.252. The van der Waals surface area contributed by atoms with Crippen LogP contribution in [0.1, 0.15) is 26.0 Å². The third kappa shape index (κ3) is 2.54. The zero-order valence-corrected chi connectivity index (χ0v) is 12.0. The Morgan fingerprint density at radius 3 is 2.75 bits per heavy atom. The van der Waals surface area contributed by atoms with Crippen LogP contribution in [0.25, 0.3) is 11.0 Å². The Bertz CT molecular complexity index is 702. The molecule has 0 saturated carbocycles. The third-order valence-electron chi connectivity index (χ3n) is 3.31. The van der Waals surface area contributed by atoms with Gasteiger partial charge in [-0.15, -0.1) is 5.10 Å². The topological polar surface area (TPSA) is 94.7 Å². The number of nitrogens with zero attached hydrogens (tertiary/aromatic N) is 5. The second kappa shape index (κ2) is 5.40. The summed E-state index contributed by atoms with van der Waals surface area (Å²) < 4.78 is 2.61. The zero-order valence-electron chi connectivity index (χ0n) is 12.0. The van der Waals surface area contributed by atoms with Gasteiger partial charge in [-0.2, -0.15) is 9.78 Å². The SMILES string of the molecule is CCC(C)NC(=O)Cn1nnc2c(C)n(C)nc2c1=O. The van der Waals surface area contributed by atoms with Gasteiger partial charge in [0.05, 0.1) is 5.69 Å². The average molecular weight is 278 g/mol. The van der Waals surface area contributed by atoms with Crippen molar-refractivity contribution in [2.75, 3.05) is 0 Å². The van der Waals surface area contributed by atoms with E-state index >= 15 is 0 Å². The Morgan fingerprint density at radius 1 is 1.40 bits per heavy atom. The minimum atomic E-state index is -0.405. The molecule has 8 heteroatoms. The Labute approximate surface area is 115 Å². The predicted molar refractivity (Wildman–Crippen MR) is 73.2 cm³/mol. The van der Waals surface area contributed by atoms with Gasteiger partial charge in [0.1, 0.15) is 12.1 Å².